The van der Waals surface area contributed by atoms with Crippen LogP contribution in [0.2, 0.25) is 0 Å². The number of esters is 1. The molecule has 204 valence electrons. The van der Waals surface area contributed by atoms with Crippen molar-refractivity contribution in [2.45, 2.75) is 18.9 Å². The van der Waals surface area contributed by atoms with Crippen LogP contribution in [-0.2, 0) is 28.6 Å². The molecule has 2 atom stereocenters. The zero-order chi connectivity index (χ0) is 27.8. The third kappa shape index (κ3) is 4.86. The molecule has 10 nitrogen and oxygen atoms in total. The number of ether oxygens (including phenoxy) is 3. The topological polar surface area (TPSA) is 112 Å². The van der Waals surface area contributed by atoms with Crippen LogP contribution in [0.1, 0.15) is 17.3 Å². The number of hydrogen-bond donors (Lipinski definition) is 0. The quantitative estimate of drug-likeness (QED) is 0.125. The molecule has 0 saturated carbocycles. The Bertz CT molecular complexity index is 1780. The van der Waals surface area contributed by atoms with Gasteiger partial charge in [0.1, 0.15) is 28.3 Å². The Labute approximate surface area is 233 Å². The number of para-hydroxylation sites is 4. The lowest BCUT2D eigenvalue weighted by atomic mass is 10.1. The molecule has 6 aromatic rings. The van der Waals surface area contributed by atoms with Crippen molar-refractivity contribution in [3.05, 3.63) is 114 Å². The standard InChI is InChI=1S/C31H23N3O7/c1-34-31(41-34,20-10-12-21(13-11-20)36-18-28-32-24-6-2-4-8-26(24)39-28)30(35)38-23-16-14-22(15-17-23)37-19-29-33-25-7-3-5-9-27(25)40-29/h2-17H,18-19H2,1H3. The van der Waals surface area contributed by atoms with E-state index in [1.165, 1.54) is 5.06 Å². The molecular weight excluding hydrogens is 526 g/mol. The highest BCUT2D eigenvalue weighted by atomic mass is 16.9. The van der Waals surface area contributed by atoms with E-state index in [1.807, 2.05) is 48.5 Å². The maximum Gasteiger partial charge on any atom is 0.368 e. The van der Waals surface area contributed by atoms with Crippen molar-refractivity contribution in [2.24, 2.45) is 0 Å². The number of oxazole rings is 2. The fourth-order valence-corrected chi connectivity index (χ4v) is 4.51. The predicted octanol–water partition coefficient (Wildman–Crippen LogP) is 5.76. The lowest BCUT2D eigenvalue weighted by Gasteiger charge is -2.12. The van der Waals surface area contributed by atoms with Gasteiger partial charge < -0.3 is 23.0 Å². The molecule has 0 aliphatic carbocycles. The van der Waals surface area contributed by atoms with Gasteiger partial charge in [-0.25, -0.2) is 14.8 Å². The van der Waals surface area contributed by atoms with Gasteiger partial charge in [-0.15, -0.1) is 5.06 Å². The number of rotatable bonds is 9. The Hall–Kier alpha value is -5.19. The van der Waals surface area contributed by atoms with Crippen molar-refractivity contribution in [3.63, 3.8) is 0 Å². The zero-order valence-corrected chi connectivity index (χ0v) is 21.9. The van der Waals surface area contributed by atoms with Gasteiger partial charge in [-0.2, -0.15) is 0 Å². The second-order valence-electron chi connectivity index (χ2n) is 9.35. The van der Waals surface area contributed by atoms with Crippen molar-refractivity contribution in [3.8, 4) is 17.2 Å². The van der Waals surface area contributed by atoms with E-state index in [9.17, 15) is 4.79 Å². The van der Waals surface area contributed by atoms with Crippen LogP contribution in [0.25, 0.3) is 22.2 Å². The molecule has 0 spiro atoms. The Kier molecular flexibility index (Phi) is 6.11. The highest BCUT2D eigenvalue weighted by molar-refractivity contribution is 5.84. The summed E-state index contributed by atoms with van der Waals surface area (Å²) in [4.78, 5) is 27.6. The SMILES string of the molecule is CN1OC1(C(=O)Oc1ccc(OCc2nc3ccccc3o2)cc1)c1ccc(OCc2nc3ccccc3o2)cc1. The third-order valence-electron chi connectivity index (χ3n) is 6.64. The number of carbonyl (C=O) groups excluding carboxylic acids is 1. The lowest BCUT2D eigenvalue weighted by Crippen LogP contribution is -2.30. The minimum absolute atomic E-state index is 0.171. The van der Waals surface area contributed by atoms with E-state index >= 15 is 0 Å². The molecule has 0 N–H and O–H groups in total. The number of fused-ring (bicyclic) bond motifs is 2. The molecule has 41 heavy (non-hydrogen) atoms. The van der Waals surface area contributed by atoms with Crippen molar-refractivity contribution in [1.82, 2.24) is 15.0 Å². The van der Waals surface area contributed by atoms with Crippen LogP contribution < -0.4 is 14.2 Å². The largest absolute Gasteiger partial charge is 0.484 e. The summed E-state index contributed by atoms with van der Waals surface area (Å²) in [6, 6.07) is 28.8. The second kappa shape index (κ2) is 10.1. The summed E-state index contributed by atoms with van der Waals surface area (Å²) in [6.45, 7) is 0.343. The van der Waals surface area contributed by atoms with Crippen LogP contribution in [0.4, 0.5) is 0 Å². The van der Waals surface area contributed by atoms with Gasteiger partial charge in [0.2, 0.25) is 11.8 Å². The maximum absolute atomic E-state index is 13.2. The molecular formula is C31H23N3O7. The molecule has 4 aromatic carbocycles. The Morgan fingerprint density at radius 3 is 1.66 bits per heavy atom. The first-order valence-corrected chi connectivity index (χ1v) is 12.9. The van der Waals surface area contributed by atoms with E-state index in [0.717, 1.165) is 11.0 Å². The Morgan fingerprint density at radius 2 is 1.17 bits per heavy atom. The average molecular weight is 550 g/mol. The summed E-state index contributed by atoms with van der Waals surface area (Å²) < 4.78 is 28.6. The highest BCUT2D eigenvalue weighted by Gasteiger charge is 2.62. The van der Waals surface area contributed by atoms with Crippen LogP contribution in [-0.4, -0.2) is 28.0 Å². The van der Waals surface area contributed by atoms with E-state index in [1.54, 1.807) is 55.6 Å². The Morgan fingerprint density at radius 1 is 0.707 bits per heavy atom. The molecule has 1 saturated heterocycles. The molecule has 2 aromatic heterocycles. The Balaban J connectivity index is 0.966. The van der Waals surface area contributed by atoms with E-state index in [-0.39, 0.29) is 13.2 Å². The highest BCUT2D eigenvalue weighted by Crippen LogP contribution is 2.44. The predicted molar refractivity (Wildman–Crippen MR) is 146 cm³/mol. The molecule has 0 bridgehead atoms. The van der Waals surface area contributed by atoms with Gasteiger partial charge in [-0.3, -0.25) is 4.84 Å². The van der Waals surface area contributed by atoms with Crippen molar-refractivity contribution in [2.75, 3.05) is 7.05 Å². The molecule has 3 heterocycles. The number of benzene rings is 4. The van der Waals surface area contributed by atoms with Gasteiger partial charge in [0, 0.05) is 12.6 Å². The molecule has 0 radical (unpaired) electrons. The molecule has 0 amide bonds. The van der Waals surface area contributed by atoms with E-state index in [4.69, 9.17) is 27.9 Å². The summed E-state index contributed by atoms with van der Waals surface area (Å²) in [5, 5.41) is 1.45. The van der Waals surface area contributed by atoms with Crippen LogP contribution in [0.5, 0.6) is 17.2 Å². The molecule has 1 aliphatic rings. The first-order valence-electron chi connectivity index (χ1n) is 12.9. The number of nitrogens with zero attached hydrogens (tertiary/aromatic N) is 3. The number of hydrogen-bond acceptors (Lipinski definition) is 10. The van der Waals surface area contributed by atoms with Crippen LogP contribution in [0.15, 0.2) is 106 Å². The van der Waals surface area contributed by atoms with Crippen molar-refractivity contribution >= 4 is 28.2 Å². The van der Waals surface area contributed by atoms with Gasteiger partial charge >= 0.3 is 5.97 Å². The van der Waals surface area contributed by atoms with E-state index in [0.29, 0.717) is 45.8 Å². The van der Waals surface area contributed by atoms with Gasteiger partial charge in [0.15, 0.2) is 24.4 Å². The van der Waals surface area contributed by atoms with Crippen LogP contribution >= 0.6 is 0 Å². The molecule has 7 rings (SSSR count). The van der Waals surface area contributed by atoms with Crippen LogP contribution in [0, 0.1) is 0 Å². The van der Waals surface area contributed by atoms with E-state index < -0.39 is 11.7 Å². The fourth-order valence-electron chi connectivity index (χ4n) is 4.51. The van der Waals surface area contributed by atoms with Gasteiger partial charge in [-0.05, 0) is 60.7 Å². The van der Waals surface area contributed by atoms with Crippen molar-refractivity contribution < 1.29 is 32.7 Å². The molecule has 2 unspecified atom stereocenters. The summed E-state index contributed by atoms with van der Waals surface area (Å²) in [6.07, 6.45) is 0. The minimum Gasteiger partial charge on any atom is -0.484 e. The summed E-state index contributed by atoms with van der Waals surface area (Å²) in [5.74, 6) is 1.90. The van der Waals surface area contributed by atoms with Gasteiger partial charge in [0.25, 0.3) is 5.72 Å². The monoisotopic (exact) mass is 549 g/mol. The fraction of sp³-hybridized carbons (Fsp3) is 0.129. The second-order valence-corrected chi connectivity index (χ2v) is 9.35. The van der Waals surface area contributed by atoms with Gasteiger partial charge in [-0.1, -0.05) is 36.4 Å². The zero-order valence-electron chi connectivity index (χ0n) is 21.9. The smallest absolute Gasteiger partial charge is 0.368 e. The van der Waals surface area contributed by atoms with E-state index in [2.05, 4.69) is 9.97 Å². The summed E-state index contributed by atoms with van der Waals surface area (Å²) in [7, 11) is 1.67. The molecule has 10 heteroatoms. The third-order valence-corrected chi connectivity index (χ3v) is 6.64. The summed E-state index contributed by atoms with van der Waals surface area (Å²) in [5.41, 5.74) is 2.22. The summed E-state index contributed by atoms with van der Waals surface area (Å²) >= 11 is 0. The lowest BCUT2D eigenvalue weighted by molar-refractivity contribution is -0.141. The number of hydroxylamine groups is 2. The van der Waals surface area contributed by atoms with Crippen molar-refractivity contribution in [1.29, 1.82) is 0 Å². The van der Waals surface area contributed by atoms with Crippen LogP contribution in [0.3, 0.4) is 0 Å². The first kappa shape index (κ1) is 24.8. The maximum atomic E-state index is 13.2. The van der Waals surface area contributed by atoms with Gasteiger partial charge in [0.05, 0.1) is 0 Å². The number of carbonyl (C=O) groups is 1. The molecule has 1 fully saturated rings. The minimum atomic E-state index is -1.35. The number of aromatic nitrogens is 2. The average Bonchev–Trinajstić information content (AvgIpc) is 3.31. The molecule has 1 aliphatic heterocycles. The normalized spacial score (nSPS) is 17.9. The first-order chi connectivity index (χ1) is 20.1. The number of likely N-dealkylation sites (N-methyl/N-ethyl adjacent to an activating group) is 1.